The Bertz CT molecular complexity index is 81.4. The summed E-state index contributed by atoms with van der Waals surface area (Å²) >= 11 is 1.41. The van der Waals surface area contributed by atoms with Crippen LogP contribution in [0, 0.1) is 0 Å². The predicted octanol–water partition coefficient (Wildman–Crippen LogP) is 5.38. The Balaban J connectivity index is 0. The van der Waals surface area contributed by atoms with Crippen LogP contribution in [0.1, 0.15) is 91.4 Å². The van der Waals surface area contributed by atoms with Crippen LogP contribution in [0.15, 0.2) is 0 Å². The predicted molar refractivity (Wildman–Crippen MR) is 81.2 cm³/mol. The van der Waals surface area contributed by atoms with Crippen molar-refractivity contribution in [3.63, 3.8) is 0 Å². The summed E-state index contributed by atoms with van der Waals surface area (Å²) in [5.41, 5.74) is 0. The van der Waals surface area contributed by atoms with Gasteiger partial charge in [0, 0.05) is 0 Å². The molecule has 98 valence electrons. The molecular weight excluding hydrogens is 207 g/mol. The first-order valence-corrected chi connectivity index (χ1v) is 9.24. The molecule has 0 nitrogen and oxygen atoms in total. The molecule has 0 unspecified atom stereocenters. The Morgan fingerprint density at radius 3 is 1.19 bits per heavy atom. The Kier molecular flexibility index (Phi) is 24.7. The van der Waals surface area contributed by atoms with Gasteiger partial charge in [-0.3, -0.25) is 0 Å². The van der Waals surface area contributed by atoms with Crippen LogP contribution in [0.2, 0.25) is 5.28 Å². The lowest BCUT2D eigenvalue weighted by molar-refractivity contribution is 0.624. The molecule has 0 fully saturated rings. The lowest BCUT2D eigenvalue weighted by Crippen LogP contribution is -1.77. The molecule has 0 N–H and O–H groups in total. The standard InChI is InChI=1S/C8H17.C7H16.Al.2H/c1-3-5-7-8-6-4-2;1-3-5-7-6-4-2;;;/h1,3-8H2,2H3;3-7H2,1-2H3;;;. The number of unbranched alkanes of at least 4 members (excludes halogenated alkanes) is 9. The molecule has 0 aromatic heterocycles. The van der Waals surface area contributed by atoms with E-state index in [2.05, 4.69) is 20.8 Å². The lowest BCUT2D eigenvalue weighted by atomic mass is 10.1. The highest BCUT2D eigenvalue weighted by Crippen LogP contribution is 2.05. The monoisotopic (exact) mass is 242 g/mol. The molecule has 0 heterocycles. The van der Waals surface area contributed by atoms with E-state index in [4.69, 9.17) is 0 Å². The highest BCUT2D eigenvalue weighted by atomic mass is 27.0. The van der Waals surface area contributed by atoms with Crippen LogP contribution in [0.25, 0.3) is 0 Å². The molecule has 0 rings (SSSR count). The third kappa shape index (κ3) is 24.0. The van der Waals surface area contributed by atoms with Crippen LogP contribution >= 0.6 is 0 Å². The molecule has 0 saturated carbocycles. The maximum atomic E-state index is 2.27. The van der Waals surface area contributed by atoms with Crippen LogP contribution in [-0.4, -0.2) is 16.3 Å². The van der Waals surface area contributed by atoms with Crippen molar-refractivity contribution in [1.29, 1.82) is 0 Å². The van der Waals surface area contributed by atoms with Crippen LogP contribution in [0.5, 0.6) is 0 Å². The highest BCUT2D eigenvalue weighted by molar-refractivity contribution is 6.08. The summed E-state index contributed by atoms with van der Waals surface area (Å²) in [7, 11) is 0. The third-order valence-corrected chi connectivity index (χ3v) is 3.62. The average molecular weight is 242 g/mol. The van der Waals surface area contributed by atoms with Crippen molar-refractivity contribution in [2.75, 3.05) is 0 Å². The van der Waals surface area contributed by atoms with Gasteiger partial charge in [-0.05, 0) is 0 Å². The third-order valence-electron chi connectivity index (χ3n) is 2.91. The Morgan fingerprint density at radius 2 is 0.812 bits per heavy atom. The molecule has 0 spiro atoms. The van der Waals surface area contributed by atoms with E-state index in [0.29, 0.717) is 0 Å². The van der Waals surface area contributed by atoms with Gasteiger partial charge in [0.2, 0.25) is 16.3 Å². The van der Waals surface area contributed by atoms with Gasteiger partial charge in [0.05, 0.1) is 0 Å². The number of hydrogen-bond acceptors (Lipinski definition) is 0. The van der Waals surface area contributed by atoms with Gasteiger partial charge in [-0.15, -0.1) is 5.28 Å². The molecule has 0 atom stereocenters. The summed E-state index contributed by atoms with van der Waals surface area (Å²) in [4.78, 5) is 0. The number of rotatable bonds is 10. The summed E-state index contributed by atoms with van der Waals surface area (Å²) in [5, 5.41) is 1.51. The lowest BCUT2D eigenvalue weighted by Gasteiger charge is -1.96. The Morgan fingerprint density at radius 1 is 0.500 bits per heavy atom. The fraction of sp³-hybridized carbons (Fsp3) is 1.00. The quantitative estimate of drug-likeness (QED) is 0.356. The topological polar surface area (TPSA) is 0 Å². The number of hydrogen-bond donors (Lipinski definition) is 0. The Labute approximate surface area is 113 Å². The molecule has 0 saturated heterocycles. The second-order valence-electron chi connectivity index (χ2n) is 4.83. The summed E-state index contributed by atoms with van der Waals surface area (Å²) in [5.74, 6) is 0. The fourth-order valence-electron chi connectivity index (χ4n) is 1.71. The van der Waals surface area contributed by atoms with E-state index in [-0.39, 0.29) is 0 Å². The van der Waals surface area contributed by atoms with E-state index in [1.807, 2.05) is 0 Å². The largest absolute Gasteiger partial charge is 0.211 e. The molecule has 0 bridgehead atoms. The first-order valence-electron chi connectivity index (χ1n) is 7.83. The van der Waals surface area contributed by atoms with Gasteiger partial charge in [-0.2, -0.15) is 0 Å². The summed E-state index contributed by atoms with van der Waals surface area (Å²) in [6, 6.07) is 0. The minimum atomic E-state index is 1.36. The second kappa shape index (κ2) is 20.9. The van der Waals surface area contributed by atoms with E-state index < -0.39 is 0 Å². The maximum absolute atomic E-state index is 2.27. The minimum absolute atomic E-state index is 1.36. The normalized spacial score (nSPS) is 9.69. The molecule has 0 amide bonds. The van der Waals surface area contributed by atoms with Crippen LogP contribution in [-0.2, 0) is 0 Å². The molecule has 0 aromatic rings. The van der Waals surface area contributed by atoms with Crippen LogP contribution < -0.4 is 0 Å². The first kappa shape index (κ1) is 18.9. The zero-order valence-corrected chi connectivity index (χ0v) is 14.5. The molecule has 0 aromatic carbocycles. The zero-order chi connectivity index (χ0) is 12.5. The molecule has 0 aliphatic carbocycles. The molecule has 16 heavy (non-hydrogen) atoms. The van der Waals surface area contributed by atoms with Gasteiger partial charge in [0.1, 0.15) is 0 Å². The van der Waals surface area contributed by atoms with Crippen molar-refractivity contribution in [2.24, 2.45) is 0 Å². The van der Waals surface area contributed by atoms with E-state index >= 15 is 0 Å². The van der Waals surface area contributed by atoms with Gasteiger partial charge in [0.15, 0.2) is 0 Å². The molecule has 0 radical (unpaired) electrons. The zero-order valence-electron chi connectivity index (χ0n) is 12.5. The Hall–Kier alpha value is 0.532. The van der Waals surface area contributed by atoms with Crippen LogP contribution in [0.3, 0.4) is 0 Å². The van der Waals surface area contributed by atoms with Gasteiger partial charge < -0.3 is 0 Å². The van der Waals surface area contributed by atoms with E-state index in [1.165, 1.54) is 92.2 Å². The molecule has 0 aliphatic heterocycles. The van der Waals surface area contributed by atoms with Crippen molar-refractivity contribution >= 4 is 16.3 Å². The average Bonchev–Trinajstić information content (AvgIpc) is 2.31. The maximum Gasteiger partial charge on any atom is 0.211 e. The first-order chi connectivity index (χ1) is 7.83. The molecule has 0 aliphatic rings. The molecular formula is C15H35Al. The summed E-state index contributed by atoms with van der Waals surface area (Å²) < 4.78 is 0. The van der Waals surface area contributed by atoms with E-state index in [9.17, 15) is 0 Å². The van der Waals surface area contributed by atoms with E-state index in [1.54, 1.807) is 0 Å². The SMILES string of the molecule is CCCCCCC.CCCCCCC[CH2][AlH2]. The van der Waals surface area contributed by atoms with Crippen molar-refractivity contribution < 1.29 is 0 Å². The minimum Gasteiger partial charge on any atom is -0.101 e. The van der Waals surface area contributed by atoms with Crippen molar-refractivity contribution in [1.82, 2.24) is 0 Å². The smallest absolute Gasteiger partial charge is 0.101 e. The highest BCUT2D eigenvalue weighted by Gasteiger charge is 1.86. The van der Waals surface area contributed by atoms with Gasteiger partial charge >= 0.3 is 0 Å². The van der Waals surface area contributed by atoms with Crippen molar-refractivity contribution in [3.8, 4) is 0 Å². The fourth-order valence-corrected chi connectivity index (χ4v) is 2.21. The van der Waals surface area contributed by atoms with Crippen LogP contribution in [0.4, 0.5) is 0 Å². The summed E-state index contributed by atoms with van der Waals surface area (Å²) in [6.07, 6.45) is 15.8. The van der Waals surface area contributed by atoms with Gasteiger partial charge in [-0.1, -0.05) is 91.4 Å². The van der Waals surface area contributed by atoms with Crippen molar-refractivity contribution in [2.45, 2.75) is 96.7 Å². The molecule has 1 heteroatoms. The van der Waals surface area contributed by atoms with Crippen molar-refractivity contribution in [3.05, 3.63) is 0 Å². The summed E-state index contributed by atoms with van der Waals surface area (Å²) in [6.45, 7) is 6.76. The van der Waals surface area contributed by atoms with E-state index in [0.717, 1.165) is 0 Å². The van der Waals surface area contributed by atoms with Gasteiger partial charge in [-0.25, -0.2) is 0 Å². The van der Waals surface area contributed by atoms with Gasteiger partial charge in [0.25, 0.3) is 0 Å². The second-order valence-corrected chi connectivity index (χ2v) is 5.83.